The van der Waals surface area contributed by atoms with E-state index in [0.29, 0.717) is 0 Å². The van der Waals surface area contributed by atoms with Crippen molar-refractivity contribution in [2.75, 3.05) is 26.2 Å². The summed E-state index contributed by atoms with van der Waals surface area (Å²) in [4.78, 5) is 16.0. The monoisotopic (exact) mass is 295 g/mol. The van der Waals surface area contributed by atoms with Gasteiger partial charge in [-0.05, 0) is 24.6 Å². The fraction of sp³-hybridized carbons (Fsp3) is 0.316. The fourth-order valence-corrected chi connectivity index (χ4v) is 3.04. The average molecular weight is 295 g/mol. The number of aryl methyl sites for hydroxylation is 1. The summed E-state index contributed by atoms with van der Waals surface area (Å²) < 4.78 is 0. The molecule has 0 aliphatic carbocycles. The molecular weight excluding hydrogens is 272 g/mol. The van der Waals surface area contributed by atoms with Gasteiger partial charge in [-0.1, -0.05) is 42.5 Å². The molecule has 114 valence electrons. The van der Waals surface area contributed by atoms with Crippen molar-refractivity contribution < 1.29 is 9.69 Å². The van der Waals surface area contributed by atoms with Gasteiger partial charge in [0.1, 0.15) is 6.54 Å². The number of hydrogen-bond donors (Lipinski definition) is 1. The third-order valence-corrected chi connectivity index (χ3v) is 4.48. The van der Waals surface area contributed by atoms with Gasteiger partial charge < -0.3 is 9.80 Å². The van der Waals surface area contributed by atoms with Gasteiger partial charge in [0.2, 0.25) is 0 Å². The van der Waals surface area contributed by atoms with E-state index in [0.717, 1.165) is 38.3 Å². The van der Waals surface area contributed by atoms with E-state index in [1.165, 1.54) is 11.1 Å². The number of amides is 1. The normalized spacial score (nSPS) is 15.8. The molecule has 0 unspecified atom stereocenters. The van der Waals surface area contributed by atoms with E-state index in [9.17, 15) is 4.79 Å². The smallest absolute Gasteiger partial charge is 0.254 e. The highest BCUT2D eigenvalue weighted by atomic mass is 16.2. The van der Waals surface area contributed by atoms with Gasteiger partial charge in [-0.3, -0.25) is 4.79 Å². The quantitative estimate of drug-likeness (QED) is 0.913. The van der Waals surface area contributed by atoms with Gasteiger partial charge in [0.15, 0.2) is 0 Å². The number of hydrogen-bond acceptors (Lipinski definition) is 1. The van der Waals surface area contributed by atoms with Crippen LogP contribution < -0.4 is 4.90 Å². The molecule has 1 N–H and O–H groups in total. The Morgan fingerprint density at radius 2 is 1.64 bits per heavy atom. The molecule has 3 rings (SSSR count). The van der Waals surface area contributed by atoms with Crippen molar-refractivity contribution in [1.29, 1.82) is 0 Å². The molecule has 3 heteroatoms. The number of carbonyl (C=O) groups excluding carboxylic acids is 1. The Labute approximate surface area is 132 Å². The summed E-state index contributed by atoms with van der Waals surface area (Å²) in [6.45, 7) is 6.95. The number of rotatable bonds is 3. The number of benzene rings is 2. The zero-order valence-corrected chi connectivity index (χ0v) is 13.1. The summed E-state index contributed by atoms with van der Waals surface area (Å²) >= 11 is 0. The molecule has 0 spiro atoms. The van der Waals surface area contributed by atoms with Gasteiger partial charge in [-0.25, -0.2) is 0 Å². The van der Waals surface area contributed by atoms with E-state index in [1.807, 2.05) is 35.2 Å². The maximum Gasteiger partial charge on any atom is 0.254 e. The molecule has 0 radical (unpaired) electrons. The molecule has 0 saturated carbocycles. The predicted octanol–water partition coefficient (Wildman–Crippen LogP) is 1.54. The molecule has 2 aromatic rings. The first-order chi connectivity index (χ1) is 10.7. The van der Waals surface area contributed by atoms with Crippen LogP contribution in [-0.4, -0.2) is 37.0 Å². The molecule has 1 amide bonds. The van der Waals surface area contributed by atoms with Crippen LogP contribution in [0.5, 0.6) is 0 Å². The van der Waals surface area contributed by atoms with Gasteiger partial charge in [0.25, 0.3) is 5.91 Å². The number of nitrogens with zero attached hydrogens (tertiary/aromatic N) is 1. The number of piperazine rings is 1. The van der Waals surface area contributed by atoms with Crippen LogP contribution in [0.3, 0.4) is 0 Å². The van der Waals surface area contributed by atoms with Crippen molar-refractivity contribution in [1.82, 2.24) is 4.90 Å². The van der Waals surface area contributed by atoms with E-state index in [1.54, 1.807) is 4.90 Å². The van der Waals surface area contributed by atoms with Crippen LogP contribution in [0.4, 0.5) is 0 Å². The molecule has 3 nitrogen and oxygen atoms in total. The number of nitrogens with one attached hydrogen (secondary N) is 1. The van der Waals surface area contributed by atoms with Crippen molar-refractivity contribution in [2.24, 2.45) is 0 Å². The van der Waals surface area contributed by atoms with Crippen LogP contribution in [0.2, 0.25) is 0 Å². The van der Waals surface area contributed by atoms with Gasteiger partial charge in [-0.15, -0.1) is 0 Å². The van der Waals surface area contributed by atoms with E-state index >= 15 is 0 Å². The second kappa shape index (κ2) is 6.75. The molecule has 1 heterocycles. The molecule has 0 bridgehead atoms. The number of carbonyl (C=O) groups is 1. The minimum atomic E-state index is 0.163. The third kappa shape index (κ3) is 3.37. The lowest BCUT2D eigenvalue weighted by molar-refractivity contribution is -0.917. The highest BCUT2D eigenvalue weighted by molar-refractivity contribution is 5.94. The molecule has 0 aromatic heterocycles. The van der Waals surface area contributed by atoms with Gasteiger partial charge in [0.05, 0.1) is 26.2 Å². The highest BCUT2D eigenvalue weighted by Crippen LogP contribution is 2.07. The molecule has 1 aliphatic rings. The van der Waals surface area contributed by atoms with Gasteiger partial charge in [0, 0.05) is 11.1 Å². The molecule has 1 aliphatic heterocycles. The second-order valence-corrected chi connectivity index (χ2v) is 6.01. The minimum Gasteiger partial charge on any atom is -0.328 e. The van der Waals surface area contributed by atoms with E-state index in [2.05, 4.69) is 31.2 Å². The minimum absolute atomic E-state index is 0.163. The van der Waals surface area contributed by atoms with Crippen LogP contribution in [0.25, 0.3) is 0 Å². The molecular formula is C19H23N2O+. The lowest BCUT2D eigenvalue weighted by Gasteiger charge is -2.32. The highest BCUT2D eigenvalue weighted by Gasteiger charge is 2.24. The Balaban J connectivity index is 1.57. The summed E-state index contributed by atoms with van der Waals surface area (Å²) in [6.07, 6.45) is 0. The summed E-state index contributed by atoms with van der Waals surface area (Å²) in [7, 11) is 0. The number of quaternary nitrogens is 1. The van der Waals surface area contributed by atoms with Crippen molar-refractivity contribution in [3.63, 3.8) is 0 Å². The summed E-state index contributed by atoms with van der Waals surface area (Å²) in [5.41, 5.74) is 3.57. The molecule has 1 fully saturated rings. The molecule has 22 heavy (non-hydrogen) atoms. The van der Waals surface area contributed by atoms with Crippen molar-refractivity contribution in [3.8, 4) is 0 Å². The molecule has 2 aromatic carbocycles. The lowest BCUT2D eigenvalue weighted by atomic mass is 10.1. The average Bonchev–Trinajstić information content (AvgIpc) is 2.58. The summed E-state index contributed by atoms with van der Waals surface area (Å²) in [6, 6.07) is 18.2. The first kappa shape index (κ1) is 14.8. The Kier molecular flexibility index (Phi) is 4.54. The van der Waals surface area contributed by atoms with Crippen molar-refractivity contribution >= 4 is 5.91 Å². The van der Waals surface area contributed by atoms with E-state index in [4.69, 9.17) is 0 Å². The zero-order chi connectivity index (χ0) is 15.4. The SMILES string of the molecule is Cc1ccccc1C[NH+]1CCN(C(=O)c2ccccc2)CC1. The first-order valence-corrected chi connectivity index (χ1v) is 7.96. The predicted molar refractivity (Wildman–Crippen MR) is 87.9 cm³/mol. The van der Waals surface area contributed by atoms with E-state index in [-0.39, 0.29) is 5.91 Å². The third-order valence-electron chi connectivity index (χ3n) is 4.48. The Hall–Kier alpha value is -2.13. The summed E-state index contributed by atoms with van der Waals surface area (Å²) in [5.74, 6) is 0.163. The Bertz CT molecular complexity index is 631. The maximum absolute atomic E-state index is 12.4. The fourth-order valence-electron chi connectivity index (χ4n) is 3.04. The topological polar surface area (TPSA) is 24.8 Å². The lowest BCUT2D eigenvalue weighted by Crippen LogP contribution is -3.13. The zero-order valence-electron chi connectivity index (χ0n) is 13.1. The largest absolute Gasteiger partial charge is 0.328 e. The first-order valence-electron chi connectivity index (χ1n) is 7.96. The Morgan fingerprint density at radius 1 is 1.00 bits per heavy atom. The van der Waals surface area contributed by atoms with Crippen LogP contribution in [0.15, 0.2) is 54.6 Å². The summed E-state index contributed by atoms with van der Waals surface area (Å²) in [5, 5.41) is 0. The second-order valence-electron chi connectivity index (χ2n) is 6.01. The Morgan fingerprint density at radius 3 is 2.32 bits per heavy atom. The van der Waals surface area contributed by atoms with Gasteiger partial charge in [-0.2, -0.15) is 0 Å². The standard InChI is InChI=1S/C19H22N2O/c1-16-7-5-6-10-18(16)15-20-11-13-21(14-12-20)19(22)17-8-3-2-4-9-17/h2-10H,11-15H2,1H3/p+1. The van der Waals surface area contributed by atoms with Crippen LogP contribution >= 0.6 is 0 Å². The van der Waals surface area contributed by atoms with Crippen LogP contribution in [0, 0.1) is 6.92 Å². The van der Waals surface area contributed by atoms with Crippen LogP contribution in [-0.2, 0) is 6.54 Å². The molecule has 1 saturated heterocycles. The van der Waals surface area contributed by atoms with E-state index < -0.39 is 0 Å². The van der Waals surface area contributed by atoms with Gasteiger partial charge >= 0.3 is 0 Å². The van der Waals surface area contributed by atoms with Crippen LogP contribution in [0.1, 0.15) is 21.5 Å². The van der Waals surface area contributed by atoms with Crippen molar-refractivity contribution in [3.05, 3.63) is 71.3 Å². The van der Waals surface area contributed by atoms with Crippen molar-refractivity contribution in [2.45, 2.75) is 13.5 Å². The maximum atomic E-state index is 12.4. The molecule has 0 atom stereocenters.